The number of morpholine rings is 1. The van der Waals surface area contributed by atoms with Crippen LogP contribution in [0.1, 0.15) is 18.4 Å². The van der Waals surface area contributed by atoms with E-state index in [1.165, 1.54) is 5.56 Å². The second kappa shape index (κ2) is 12.9. The lowest BCUT2D eigenvalue weighted by Gasteiger charge is -2.38. The lowest BCUT2D eigenvalue weighted by Crippen LogP contribution is -2.54. The molecule has 2 unspecified atom stereocenters. The van der Waals surface area contributed by atoms with Gasteiger partial charge in [0.15, 0.2) is 5.96 Å². The summed E-state index contributed by atoms with van der Waals surface area (Å²) in [5.74, 6) is 0.990. The van der Waals surface area contributed by atoms with Gasteiger partial charge in [0, 0.05) is 72.6 Å². The molecule has 3 aliphatic heterocycles. The van der Waals surface area contributed by atoms with Crippen molar-refractivity contribution in [2.75, 3.05) is 72.6 Å². The van der Waals surface area contributed by atoms with Gasteiger partial charge in [-0.15, -0.1) is 24.0 Å². The first kappa shape index (κ1) is 24.7. The molecule has 1 aromatic carbocycles. The Kier molecular flexibility index (Phi) is 10.3. The molecule has 4 rings (SSSR count). The van der Waals surface area contributed by atoms with E-state index in [-0.39, 0.29) is 36.2 Å². The first-order valence-electron chi connectivity index (χ1n) is 11.5. The van der Waals surface area contributed by atoms with Crippen molar-refractivity contribution in [3.05, 3.63) is 35.9 Å². The van der Waals surface area contributed by atoms with Crippen LogP contribution < -0.4 is 5.32 Å². The van der Waals surface area contributed by atoms with Gasteiger partial charge >= 0.3 is 0 Å². The van der Waals surface area contributed by atoms with Crippen molar-refractivity contribution in [3.63, 3.8) is 0 Å². The average Bonchev–Trinajstić information content (AvgIpc) is 3.34. The van der Waals surface area contributed by atoms with Crippen LogP contribution in [-0.4, -0.2) is 105 Å². The van der Waals surface area contributed by atoms with Crippen molar-refractivity contribution >= 4 is 29.9 Å². The zero-order chi connectivity index (χ0) is 20.6. The molecule has 174 valence electrons. The summed E-state index contributed by atoms with van der Waals surface area (Å²) in [7, 11) is 1.88. The molecule has 0 bridgehead atoms. The maximum Gasteiger partial charge on any atom is 0.193 e. The Morgan fingerprint density at radius 1 is 1.00 bits per heavy atom. The van der Waals surface area contributed by atoms with Gasteiger partial charge in [0.25, 0.3) is 0 Å². The summed E-state index contributed by atoms with van der Waals surface area (Å²) in [4.78, 5) is 12.0. The Balaban J connectivity index is 0.00000272. The molecule has 3 saturated heterocycles. The van der Waals surface area contributed by atoms with Gasteiger partial charge in [-0.3, -0.25) is 14.8 Å². The van der Waals surface area contributed by atoms with Crippen LogP contribution >= 0.6 is 24.0 Å². The van der Waals surface area contributed by atoms with E-state index >= 15 is 0 Å². The Hall–Kier alpha value is -0.940. The van der Waals surface area contributed by atoms with Crippen LogP contribution in [0, 0.1) is 0 Å². The molecule has 0 saturated carbocycles. The lowest BCUT2D eigenvalue weighted by molar-refractivity contribution is -0.0817. The summed E-state index contributed by atoms with van der Waals surface area (Å²) in [6.45, 7) is 10.9. The number of nitrogens with one attached hydrogen (secondary N) is 1. The highest BCUT2D eigenvalue weighted by atomic mass is 127. The van der Waals surface area contributed by atoms with Crippen molar-refractivity contribution in [2.24, 2.45) is 4.99 Å². The highest BCUT2D eigenvalue weighted by Crippen LogP contribution is 2.21. The second-order valence-electron chi connectivity index (χ2n) is 8.48. The van der Waals surface area contributed by atoms with Crippen LogP contribution in [-0.2, 0) is 16.0 Å². The molecule has 0 spiro atoms. The number of halogens is 1. The van der Waals surface area contributed by atoms with E-state index in [0.717, 1.165) is 90.9 Å². The minimum atomic E-state index is 0. The molecule has 2 atom stereocenters. The standard InChI is InChI=1S/C23H37N5O2.HI/c1-24-23(28-15-17-30-22(19-28)21-8-5-16-29-21)25-9-10-26-11-13-27(14-12-26)18-20-6-3-2-4-7-20;/h2-4,6-7,21-22H,5,8-19H2,1H3,(H,24,25);1H. The molecule has 1 aromatic rings. The fourth-order valence-corrected chi connectivity index (χ4v) is 4.66. The van der Waals surface area contributed by atoms with Gasteiger partial charge in [-0.2, -0.15) is 0 Å². The highest BCUT2D eigenvalue weighted by Gasteiger charge is 2.32. The van der Waals surface area contributed by atoms with Crippen molar-refractivity contribution in [1.29, 1.82) is 0 Å². The number of piperazine rings is 1. The van der Waals surface area contributed by atoms with Gasteiger partial charge in [-0.1, -0.05) is 30.3 Å². The fraction of sp³-hybridized carbons (Fsp3) is 0.696. The van der Waals surface area contributed by atoms with Crippen LogP contribution in [0.5, 0.6) is 0 Å². The van der Waals surface area contributed by atoms with Crippen LogP contribution in [0.25, 0.3) is 0 Å². The van der Waals surface area contributed by atoms with Gasteiger partial charge in [0.2, 0.25) is 0 Å². The topological polar surface area (TPSA) is 52.6 Å². The summed E-state index contributed by atoms with van der Waals surface area (Å²) in [5, 5.41) is 3.57. The second-order valence-corrected chi connectivity index (χ2v) is 8.48. The normalized spacial score (nSPS) is 26.0. The van der Waals surface area contributed by atoms with E-state index in [1.54, 1.807) is 0 Å². The number of nitrogens with zero attached hydrogens (tertiary/aromatic N) is 4. The molecular weight excluding hydrogens is 505 g/mol. The Morgan fingerprint density at radius 2 is 1.74 bits per heavy atom. The predicted molar refractivity (Wildman–Crippen MR) is 135 cm³/mol. The lowest BCUT2D eigenvalue weighted by atomic mass is 10.1. The maximum absolute atomic E-state index is 5.98. The molecule has 0 aliphatic carbocycles. The number of guanidine groups is 1. The third kappa shape index (κ3) is 7.28. The van der Waals surface area contributed by atoms with E-state index in [1.807, 2.05) is 7.05 Å². The number of benzene rings is 1. The number of rotatable bonds is 6. The van der Waals surface area contributed by atoms with Gasteiger partial charge in [-0.05, 0) is 18.4 Å². The average molecular weight is 543 g/mol. The van der Waals surface area contributed by atoms with Crippen molar-refractivity contribution in [2.45, 2.75) is 31.6 Å². The first-order chi connectivity index (χ1) is 14.8. The molecule has 1 N–H and O–H groups in total. The van der Waals surface area contributed by atoms with Crippen LogP contribution in [0.15, 0.2) is 35.3 Å². The van der Waals surface area contributed by atoms with Gasteiger partial charge in [-0.25, -0.2) is 0 Å². The number of hydrogen-bond acceptors (Lipinski definition) is 5. The van der Waals surface area contributed by atoms with Gasteiger partial charge in [0.05, 0.1) is 12.7 Å². The van der Waals surface area contributed by atoms with E-state index in [9.17, 15) is 0 Å². The van der Waals surface area contributed by atoms with Gasteiger partial charge < -0.3 is 19.7 Å². The molecule has 0 radical (unpaired) electrons. The molecular formula is C23H38IN5O2. The third-order valence-corrected chi connectivity index (χ3v) is 6.41. The van der Waals surface area contributed by atoms with E-state index < -0.39 is 0 Å². The molecule has 3 heterocycles. The Labute approximate surface area is 204 Å². The van der Waals surface area contributed by atoms with Crippen molar-refractivity contribution in [3.8, 4) is 0 Å². The van der Waals surface area contributed by atoms with Crippen LogP contribution in [0.2, 0.25) is 0 Å². The van der Waals surface area contributed by atoms with E-state index in [0.29, 0.717) is 0 Å². The maximum atomic E-state index is 5.98. The highest BCUT2D eigenvalue weighted by molar-refractivity contribution is 14.0. The predicted octanol–water partition coefficient (Wildman–Crippen LogP) is 1.88. The zero-order valence-electron chi connectivity index (χ0n) is 18.7. The first-order valence-corrected chi connectivity index (χ1v) is 11.5. The summed E-state index contributed by atoms with van der Waals surface area (Å²) in [5.41, 5.74) is 1.41. The quantitative estimate of drug-likeness (QED) is 0.336. The SMILES string of the molecule is CN=C(NCCN1CCN(Cc2ccccc2)CC1)N1CCOC(C2CCCO2)C1.I. The van der Waals surface area contributed by atoms with E-state index in [4.69, 9.17) is 9.47 Å². The summed E-state index contributed by atoms with van der Waals surface area (Å²) in [6.07, 6.45) is 2.67. The summed E-state index contributed by atoms with van der Waals surface area (Å²) < 4.78 is 11.8. The summed E-state index contributed by atoms with van der Waals surface area (Å²) >= 11 is 0. The Bertz CT molecular complexity index is 663. The zero-order valence-corrected chi connectivity index (χ0v) is 21.1. The largest absolute Gasteiger partial charge is 0.375 e. The Morgan fingerprint density at radius 3 is 2.45 bits per heavy atom. The molecule has 3 aliphatic rings. The van der Waals surface area contributed by atoms with Crippen molar-refractivity contribution in [1.82, 2.24) is 20.0 Å². The minimum absolute atomic E-state index is 0. The van der Waals surface area contributed by atoms with Crippen LogP contribution in [0.3, 0.4) is 0 Å². The summed E-state index contributed by atoms with van der Waals surface area (Å²) in [6, 6.07) is 10.8. The fourth-order valence-electron chi connectivity index (χ4n) is 4.66. The van der Waals surface area contributed by atoms with E-state index in [2.05, 4.69) is 55.3 Å². The van der Waals surface area contributed by atoms with Crippen molar-refractivity contribution < 1.29 is 9.47 Å². The molecule has 8 heteroatoms. The minimum Gasteiger partial charge on any atom is -0.375 e. The molecule has 31 heavy (non-hydrogen) atoms. The number of aliphatic imine (C=N–C) groups is 1. The molecule has 7 nitrogen and oxygen atoms in total. The molecule has 0 amide bonds. The molecule has 3 fully saturated rings. The number of ether oxygens (including phenoxy) is 2. The number of hydrogen-bond donors (Lipinski definition) is 1. The smallest absolute Gasteiger partial charge is 0.193 e. The molecule has 0 aromatic heterocycles. The third-order valence-electron chi connectivity index (χ3n) is 6.41. The van der Waals surface area contributed by atoms with Gasteiger partial charge in [0.1, 0.15) is 6.10 Å². The van der Waals surface area contributed by atoms with Crippen LogP contribution in [0.4, 0.5) is 0 Å². The monoisotopic (exact) mass is 543 g/mol.